The van der Waals surface area contributed by atoms with Crippen LogP contribution in [0.1, 0.15) is 32.6 Å². The SMILES string of the molecule is [B]CCCC[C@@](N)(CC)C(=O)O. The van der Waals surface area contributed by atoms with E-state index >= 15 is 0 Å². The molecule has 2 radical (unpaired) electrons. The molecule has 0 aliphatic rings. The number of nitrogens with two attached hydrogens (primary N) is 1. The summed E-state index contributed by atoms with van der Waals surface area (Å²) in [6, 6.07) is 0. The van der Waals surface area contributed by atoms with Crippen molar-refractivity contribution in [3.05, 3.63) is 0 Å². The molecule has 0 heterocycles. The van der Waals surface area contributed by atoms with Crippen LogP contribution in [0.3, 0.4) is 0 Å². The Morgan fingerprint density at radius 1 is 1.58 bits per heavy atom. The number of aliphatic carboxylic acids is 1. The summed E-state index contributed by atoms with van der Waals surface area (Å²) in [5, 5.41) is 8.78. The number of hydrogen-bond acceptors (Lipinski definition) is 2. The molecule has 0 amide bonds. The van der Waals surface area contributed by atoms with Gasteiger partial charge in [-0.05, 0) is 12.8 Å². The zero-order valence-corrected chi connectivity index (χ0v) is 7.55. The standard InChI is InChI=1S/C8H16BNO2/c1-2-8(10,7(11)12)5-3-4-6-9/h2-6,10H2,1H3,(H,11,12)/t8-/m0/s1. The summed E-state index contributed by atoms with van der Waals surface area (Å²) in [6.07, 6.45) is 3.20. The van der Waals surface area contributed by atoms with Crippen LogP contribution < -0.4 is 5.73 Å². The van der Waals surface area contributed by atoms with Gasteiger partial charge in [0, 0.05) is 0 Å². The number of unbranched alkanes of at least 4 members (excludes halogenated alkanes) is 1. The zero-order valence-electron chi connectivity index (χ0n) is 7.55. The minimum atomic E-state index is -1.05. The molecule has 68 valence electrons. The van der Waals surface area contributed by atoms with E-state index in [-0.39, 0.29) is 0 Å². The lowest BCUT2D eigenvalue weighted by atomic mass is 9.89. The van der Waals surface area contributed by atoms with Gasteiger partial charge in [-0.3, -0.25) is 4.79 Å². The minimum absolute atomic E-state index is 0.465. The Morgan fingerprint density at radius 2 is 2.17 bits per heavy atom. The summed E-state index contributed by atoms with van der Waals surface area (Å²) in [6.45, 7) is 1.79. The van der Waals surface area contributed by atoms with E-state index in [4.69, 9.17) is 18.7 Å². The van der Waals surface area contributed by atoms with Crippen molar-refractivity contribution in [2.45, 2.75) is 44.5 Å². The molecule has 1 atom stereocenters. The van der Waals surface area contributed by atoms with Crippen LogP contribution in [-0.4, -0.2) is 24.5 Å². The van der Waals surface area contributed by atoms with Crippen LogP contribution in [0, 0.1) is 0 Å². The molecule has 0 aliphatic heterocycles. The zero-order chi connectivity index (χ0) is 9.61. The molecule has 0 aromatic heterocycles. The Labute approximate surface area is 74.7 Å². The summed E-state index contributed by atoms with van der Waals surface area (Å²) in [7, 11) is 5.29. The van der Waals surface area contributed by atoms with Gasteiger partial charge >= 0.3 is 5.97 Å². The topological polar surface area (TPSA) is 63.3 Å². The van der Waals surface area contributed by atoms with E-state index in [1.54, 1.807) is 6.92 Å². The monoisotopic (exact) mass is 169 g/mol. The third-order valence-corrected chi connectivity index (χ3v) is 2.13. The Balaban J connectivity index is 3.88. The van der Waals surface area contributed by atoms with E-state index in [9.17, 15) is 4.79 Å². The van der Waals surface area contributed by atoms with Crippen LogP contribution in [0.2, 0.25) is 6.32 Å². The average Bonchev–Trinajstić information content (AvgIpc) is 2.04. The van der Waals surface area contributed by atoms with Crippen LogP contribution >= 0.6 is 0 Å². The van der Waals surface area contributed by atoms with Gasteiger partial charge < -0.3 is 10.8 Å². The highest BCUT2D eigenvalue weighted by atomic mass is 16.4. The minimum Gasteiger partial charge on any atom is -0.480 e. The van der Waals surface area contributed by atoms with Crippen LogP contribution in [0.5, 0.6) is 0 Å². The van der Waals surface area contributed by atoms with Crippen molar-refractivity contribution in [3.8, 4) is 0 Å². The van der Waals surface area contributed by atoms with Crippen molar-refractivity contribution in [2.24, 2.45) is 5.73 Å². The molecule has 3 nitrogen and oxygen atoms in total. The summed E-state index contributed by atoms with van der Waals surface area (Å²) >= 11 is 0. The molecule has 0 saturated carbocycles. The third kappa shape index (κ3) is 3.26. The lowest BCUT2D eigenvalue weighted by Crippen LogP contribution is -2.47. The lowest BCUT2D eigenvalue weighted by Gasteiger charge is -2.22. The average molecular weight is 169 g/mol. The molecule has 0 bridgehead atoms. The maximum absolute atomic E-state index is 10.7. The maximum Gasteiger partial charge on any atom is 0.323 e. The van der Waals surface area contributed by atoms with Gasteiger partial charge in [0.25, 0.3) is 0 Å². The Hall–Kier alpha value is -0.505. The van der Waals surface area contributed by atoms with Crippen LogP contribution in [0.25, 0.3) is 0 Å². The van der Waals surface area contributed by atoms with Crippen molar-refractivity contribution in [2.75, 3.05) is 0 Å². The lowest BCUT2D eigenvalue weighted by molar-refractivity contribution is -0.143. The van der Waals surface area contributed by atoms with Gasteiger partial charge in [0.15, 0.2) is 0 Å². The summed E-state index contributed by atoms with van der Waals surface area (Å²) in [5.74, 6) is -0.915. The van der Waals surface area contributed by atoms with Gasteiger partial charge in [-0.2, -0.15) is 0 Å². The predicted octanol–water partition coefficient (Wildman–Crippen LogP) is 0.936. The van der Waals surface area contributed by atoms with E-state index in [0.717, 1.165) is 12.8 Å². The second-order valence-corrected chi connectivity index (χ2v) is 3.06. The van der Waals surface area contributed by atoms with Gasteiger partial charge in [-0.25, -0.2) is 0 Å². The quantitative estimate of drug-likeness (QED) is 0.459. The number of carboxylic acid groups (broad SMARTS) is 1. The number of hydrogen-bond donors (Lipinski definition) is 2. The van der Waals surface area contributed by atoms with E-state index in [1.807, 2.05) is 0 Å². The van der Waals surface area contributed by atoms with Gasteiger partial charge in [0.1, 0.15) is 5.54 Å². The summed E-state index contributed by atoms with van der Waals surface area (Å²) in [4.78, 5) is 10.7. The van der Waals surface area contributed by atoms with E-state index < -0.39 is 11.5 Å². The molecule has 0 aliphatic carbocycles. The molecule has 0 fully saturated rings. The van der Waals surface area contributed by atoms with Gasteiger partial charge in [0.05, 0.1) is 7.85 Å². The van der Waals surface area contributed by atoms with Crippen LogP contribution in [0.4, 0.5) is 0 Å². The number of carbonyl (C=O) groups is 1. The first-order chi connectivity index (χ1) is 5.56. The second-order valence-electron chi connectivity index (χ2n) is 3.06. The molecule has 0 saturated heterocycles. The highest BCUT2D eigenvalue weighted by molar-refractivity contribution is 6.08. The predicted molar refractivity (Wildman–Crippen MR) is 49.3 cm³/mol. The van der Waals surface area contributed by atoms with E-state index in [2.05, 4.69) is 0 Å². The first-order valence-corrected chi connectivity index (χ1v) is 4.29. The molecule has 0 spiro atoms. The van der Waals surface area contributed by atoms with Crippen molar-refractivity contribution in [1.82, 2.24) is 0 Å². The smallest absolute Gasteiger partial charge is 0.323 e. The Morgan fingerprint density at radius 3 is 2.50 bits per heavy atom. The highest BCUT2D eigenvalue weighted by Gasteiger charge is 2.30. The largest absolute Gasteiger partial charge is 0.480 e. The van der Waals surface area contributed by atoms with Crippen molar-refractivity contribution >= 4 is 13.8 Å². The molecule has 3 N–H and O–H groups in total. The van der Waals surface area contributed by atoms with Crippen molar-refractivity contribution in [1.29, 1.82) is 0 Å². The fraction of sp³-hybridized carbons (Fsp3) is 0.875. The third-order valence-electron chi connectivity index (χ3n) is 2.13. The Bertz CT molecular complexity index is 152. The fourth-order valence-corrected chi connectivity index (χ4v) is 1.02. The normalized spacial score (nSPS) is 15.5. The number of rotatable bonds is 6. The molecular weight excluding hydrogens is 153 g/mol. The first kappa shape index (κ1) is 11.5. The van der Waals surface area contributed by atoms with Gasteiger partial charge in [0.2, 0.25) is 0 Å². The summed E-state index contributed by atoms with van der Waals surface area (Å²) < 4.78 is 0. The molecule has 0 aromatic carbocycles. The maximum atomic E-state index is 10.7. The number of carboxylic acids is 1. The van der Waals surface area contributed by atoms with Crippen molar-refractivity contribution < 1.29 is 9.90 Å². The molecule has 0 rings (SSSR count). The van der Waals surface area contributed by atoms with Gasteiger partial charge in [-0.15, -0.1) is 0 Å². The molecular formula is C8H16BNO2. The van der Waals surface area contributed by atoms with E-state index in [0.29, 0.717) is 19.2 Å². The molecule has 4 heteroatoms. The first-order valence-electron chi connectivity index (χ1n) is 4.29. The summed E-state index contributed by atoms with van der Waals surface area (Å²) in [5.41, 5.74) is 4.59. The second kappa shape index (κ2) is 5.20. The molecule has 0 unspecified atom stereocenters. The van der Waals surface area contributed by atoms with Crippen molar-refractivity contribution in [3.63, 3.8) is 0 Å². The Kier molecular flexibility index (Phi) is 4.98. The molecule has 0 aromatic rings. The van der Waals surface area contributed by atoms with Crippen LogP contribution in [0.15, 0.2) is 0 Å². The highest BCUT2D eigenvalue weighted by Crippen LogP contribution is 2.16. The fourth-order valence-electron chi connectivity index (χ4n) is 1.02. The van der Waals surface area contributed by atoms with Gasteiger partial charge in [-0.1, -0.05) is 26.1 Å². The van der Waals surface area contributed by atoms with E-state index in [1.165, 1.54) is 0 Å². The van der Waals surface area contributed by atoms with Crippen LogP contribution in [-0.2, 0) is 4.79 Å². The molecule has 12 heavy (non-hydrogen) atoms.